The zero-order valence-electron chi connectivity index (χ0n) is 19.1. The zero-order valence-corrected chi connectivity index (χ0v) is 21.4. The Hall–Kier alpha value is 0.870. The van der Waals surface area contributed by atoms with Crippen LogP contribution in [-0.4, -0.2) is 16.1 Å². The van der Waals surface area contributed by atoms with Crippen LogP contribution in [0, 0.1) is 5.92 Å². The van der Waals surface area contributed by atoms with Gasteiger partial charge in [0.05, 0.1) is 0 Å². The molecule has 3 atom stereocenters. The first-order chi connectivity index (χ1) is 13.6. The van der Waals surface area contributed by atoms with Crippen molar-refractivity contribution in [1.82, 2.24) is 0 Å². The Balaban J connectivity index is 4.48. The van der Waals surface area contributed by atoms with Gasteiger partial charge in [0, 0.05) is 22.0 Å². The maximum atomic E-state index is 6.87. The van der Waals surface area contributed by atoms with Gasteiger partial charge in [-0.2, -0.15) is 0 Å². The van der Waals surface area contributed by atoms with E-state index in [-0.39, 0.29) is 16.1 Å². The smallest absolute Gasteiger partial charge is 0.0427 e. The van der Waals surface area contributed by atoms with Crippen LogP contribution in [-0.2, 0) is 0 Å². The van der Waals surface area contributed by atoms with E-state index in [9.17, 15) is 0 Å². The Labute approximate surface area is 192 Å². The summed E-state index contributed by atoms with van der Waals surface area (Å²) in [6.07, 6.45) is 22.3. The molecule has 0 N–H and O–H groups in total. The highest BCUT2D eigenvalue weighted by molar-refractivity contribution is 6.30. The summed E-state index contributed by atoms with van der Waals surface area (Å²) in [5, 5.41) is 0.119. The lowest BCUT2D eigenvalue weighted by Crippen LogP contribution is -2.31. The summed E-state index contributed by atoms with van der Waals surface area (Å²) in [5.41, 5.74) is 0. The lowest BCUT2D eigenvalue weighted by molar-refractivity contribution is 0.523. The molecule has 28 heavy (non-hydrogen) atoms. The summed E-state index contributed by atoms with van der Waals surface area (Å²) in [6, 6.07) is 0. The fraction of sp³-hybridized carbons (Fsp3) is 0.960. The second-order valence-electron chi connectivity index (χ2n) is 8.51. The highest BCUT2D eigenvalue weighted by Crippen LogP contribution is 2.37. The second kappa shape index (κ2) is 21.1. The van der Waals surface area contributed by atoms with Crippen molar-refractivity contribution in [3.63, 3.8) is 0 Å². The van der Waals surface area contributed by atoms with Crippen LogP contribution in [0.4, 0.5) is 0 Å². The molecule has 0 aliphatic heterocycles. The maximum Gasteiger partial charge on any atom is 0.0427 e. The van der Waals surface area contributed by atoms with Gasteiger partial charge in [0.15, 0.2) is 0 Å². The minimum Gasteiger partial charge on any atom is -0.122 e. The molecule has 0 rings (SSSR count). The van der Waals surface area contributed by atoms with E-state index in [1.165, 1.54) is 102 Å². The molecule has 0 spiro atoms. The van der Waals surface area contributed by atoms with Crippen LogP contribution in [0.1, 0.15) is 136 Å². The van der Waals surface area contributed by atoms with E-state index in [4.69, 9.17) is 34.8 Å². The van der Waals surface area contributed by atoms with Gasteiger partial charge in [0.1, 0.15) is 0 Å². The Morgan fingerprint density at radius 1 is 0.429 bits per heavy atom. The van der Waals surface area contributed by atoms with Gasteiger partial charge >= 0.3 is 0 Å². The van der Waals surface area contributed by atoms with Gasteiger partial charge < -0.3 is 0 Å². The Morgan fingerprint density at radius 3 is 0.929 bits per heavy atom. The number of rotatable bonds is 21. The predicted molar refractivity (Wildman–Crippen MR) is 132 cm³/mol. The van der Waals surface area contributed by atoms with E-state index in [0.29, 0.717) is 0 Å². The summed E-state index contributed by atoms with van der Waals surface area (Å²) >= 11 is 20.6. The largest absolute Gasteiger partial charge is 0.122 e. The molecule has 3 heteroatoms. The van der Waals surface area contributed by atoms with E-state index < -0.39 is 0 Å². The monoisotopic (exact) mass is 453 g/mol. The molecular weight excluding hydrogens is 407 g/mol. The molecule has 3 unspecified atom stereocenters. The normalized spacial score (nSPS) is 15.1. The lowest BCUT2D eigenvalue weighted by atomic mass is 9.88. The van der Waals surface area contributed by atoms with Gasteiger partial charge in [0.2, 0.25) is 0 Å². The van der Waals surface area contributed by atoms with E-state index >= 15 is 0 Å². The van der Waals surface area contributed by atoms with Crippen molar-refractivity contribution in [2.75, 3.05) is 0 Å². The summed E-state index contributed by atoms with van der Waals surface area (Å²) in [6.45, 7) is 6.77. The minimum absolute atomic E-state index is 0.0397. The molecule has 169 valence electrons. The average Bonchev–Trinajstić information content (AvgIpc) is 2.67. The lowest BCUT2D eigenvalue weighted by Gasteiger charge is -2.30. The number of halogens is 3. The molecule has 0 aliphatic rings. The van der Waals surface area contributed by atoms with Crippen molar-refractivity contribution in [3.05, 3.63) is 5.92 Å². The third-order valence-corrected chi connectivity index (χ3v) is 7.18. The first-order valence-electron chi connectivity index (χ1n) is 12.4. The standard InChI is InChI=1S/C25H48Cl3/c1-4-7-10-13-16-19-22(26)25(23(27)20-17-14-11-8-5-2)24(28)21-18-15-12-9-6-3/h22-24H,4-21H2,1-3H3. The third-order valence-electron chi connectivity index (χ3n) is 5.77. The van der Waals surface area contributed by atoms with E-state index in [0.717, 1.165) is 19.3 Å². The molecule has 0 nitrogen and oxygen atoms in total. The molecule has 0 saturated carbocycles. The van der Waals surface area contributed by atoms with Crippen molar-refractivity contribution >= 4 is 34.8 Å². The van der Waals surface area contributed by atoms with Crippen LogP contribution in [0.3, 0.4) is 0 Å². The number of hydrogen-bond donors (Lipinski definition) is 0. The van der Waals surface area contributed by atoms with E-state index in [1.54, 1.807) is 0 Å². The molecule has 0 heterocycles. The molecule has 0 aromatic carbocycles. The minimum atomic E-state index is 0.0397. The number of hydrogen-bond acceptors (Lipinski definition) is 0. The van der Waals surface area contributed by atoms with Crippen LogP contribution in [0.25, 0.3) is 0 Å². The highest BCUT2D eigenvalue weighted by atomic mass is 35.5. The maximum absolute atomic E-state index is 6.87. The Bertz CT molecular complexity index is 261. The van der Waals surface area contributed by atoms with Gasteiger partial charge in [0.25, 0.3) is 0 Å². The second-order valence-corrected chi connectivity index (χ2v) is 10.1. The zero-order chi connectivity index (χ0) is 21.0. The summed E-state index contributed by atoms with van der Waals surface area (Å²) in [5.74, 6) is 1.23. The topological polar surface area (TPSA) is 0 Å². The molecule has 0 aromatic heterocycles. The number of alkyl halides is 3. The van der Waals surface area contributed by atoms with Gasteiger partial charge in [-0.3, -0.25) is 0 Å². The van der Waals surface area contributed by atoms with Crippen LogP contribution in [0.5, 0.6) is 0 Å². The SMILES string of the molecule is CCCCCCCC(Cl)[C](C(Cl)CCCCCCC)C(Cl)CCCCCCC. The van der Waals surface area contributed by atoms with Crippen molar-refractivity contribution < 1.29 is 0 Å². The molecule has 0 aliphatic carbocycles. The van der Waals surface area contributed by atoms with Crippen molar-refractivity contribution in [2.45, 2.75) is 152 Å². The summed E-state index contributed by atoms with van der Waals surface area (Å²) in [4.78, 5) is 0. The first-order valence-corrected chi connectivity index (χ1v) is 13.7. The summed E-state index contributed by atoms with van der Waals surface area (Å²) < 4.78 is 0. The van der Waals surface area contributed by atoms with Crippen LogP contribution >= 0.6 is 34.8 Å². The van der Waals surface area contributed by atoms with Crippen LogP contribution in [0.2, 0.25) is 0 Å². The van der Waals surface area contributed by atoms with Crippen molar-refractivity contribution in [1.29, 1.82) is 0 Å². The summed E-state index contributed by atoms with van der Waals surface area (Å²) in [7, 11) is 0. The average molecular weight is 455 g/mol. The molecular formula is C25H48Cl3. The Kier molecular flexibility index (Phi) is 21.8. The Morgan fingerprint density at radius 2 is 0.679 bits per heavy atom. The molecule has 0 bridgehead atoms. The van der Waals surface area contributed by atoms with E-state index in [1.807, 2.05) is 0 Å². The third kappa shape index (κ3) is 15.7. The fourth-order valence-corrected chi connectivity index (χ4v) is 5.44. The first kappa shape index (κ1) is 28.9. The van der Waals surface area contributed by atoms with Crippen LogP contribution < -0.4 is 0 Å². The van der Waals surface area contributed by atoms with Crippen LogP contribution in [0.15, 0.2) is 0 Å². The molecule has 0 saturated heterocycles. The van der Waals surface area contributed by atoms with Gasteiger partial charge in [-0.25, -0.2) is 0 Å². The van der Waals surface area contributed by atoms with Gasteiger partial charge in [-0.15, -0.1) is 34.8 Å². The predicted octanol–water partition coefficient (Wildman–Crippen LogP) is 10.5. The van der Waals surface area contributed by atoms with E-state index in [2.05, 4.69) is 20.8 Å². The van der Waals surface area contributed by atoms with Gasteiger partial charge in [-0.1, -0.05) is 117 Å². The van der Waals surface area contributed by atoms with Crippen molar-refractivity contribution in [3.8, 4) is 0 Å². The molecule has 0 amide bonds. The molecule has 1 radical (unpaired) electrons. The van der Waals surface area contributed by atoms with Crippen molar-refractivity contribution in [2.24, 2.45) is 0 Å². The quantitative estimate of drug-likeness (QED) is 0.119. The number of unbranched alkanes of at least 4 members (excludes halogenated alkanes) is 12. The fourth-order valence-electron chi connectivity index (χ4n) is 3.87. The van der Waals surface area contributed by atoms with Gasteiger partial charge in [-0.05, 0) is 19.3 Å². The molecule has 0 aromatic rings. The highest BCUT2D eigenvalue weighted by Gasteiger charge is 2.33. The molecule has 0 fully saturated rings.